The summed E-state index contributed by atoms with van der Waals surface area (Å²) >= 11 is 0.606. The second kappa shape index (κ2) is 21.5. The Bertz CT molecular complexity index is 3500. The molecule has 0 amide bonds. The van der Waals surface area contributed by atoms with E-state index in [1.165, 1.54) is 80.9 Å². The van der Waals surface area contributed by atoms with Crippen LogP contribution in [0.4, 0.5) is 34.1 Å². The number of carbonyl (C=O) groups is 2. The van der Waals surface area contributed by atoms with E-state index in [4.69, 9.17) is 18.0 Å². The first-order valence-corrected chi connectivity index (χ1v) is 22.7. The fraction of sp³-hybridized carbons (Fsp3) is 0.116. The molecule has 1 radical (unpaired) electrons. The monoisotopic (exact) mass is 1050 g/mol. The van der Waals surface area contributed by atoms with Gasteiger partial charge in [0, 0.05) is 44.7 Å². The van der Waals surface area contributed by atoms with Crippen LogP contribution >= 0.6 is 12.0 Å². The van der Waals surface area contributed by atoms with Crippen molar-refractivity contribution < 1.29 is 90.9 Å². The van der Waals surface area contributed by atoms with Gasteiger partial charge in [-0.2, -0.15) is 32.2 Å². The Labute approximate surface area is 405 Å². The average molecular weight is 1050 g/mol. The molecule has 0 fully saturated rings. The number of nitrogens with zero attached hydrogens (tertiary/aromatic N) is 6. The molecule has 7 aromatic carbocycles. The van der Waals surface area contributed by atoms with Crippen LogP contribution in [0.25, 0.3) is 32.3 Å². The summed E-state index contributed by atoms with van der Waals surface area (Å²) in [6.07, 6.45) is 0. The first kappa shape index (κ1) is 51.4. The van der Waals surface area contributed by atoms with E-state index in [1.54, 1.807) is 18.2 Å². The van der Waals surface area contributed by atoms with Gasteiger partial charge in [-0.1, -0.05) is 29.3 Å². The summed E-state index contributed by atoms with van der Waals surface area (Å²) in [4.78, 5) is 28.8. The van der Waals surface area contributed by atoms with E-state index >= 15 is 0 Å². The number of hydrogen-bond acceptors (Lipinski definition) is 23. The van der Waals surface area contributed by atoms with E-state index < -0.39 is 49.4 Å². The van der Waals surface area contributed by atoms with Crippen molar-refractivity contribution in [3.8, 4) is 17.2 Å². The Balaban J connectivity index is 0.00000782. The Morgan fingerprint density at radius 2 is 1.20 bits per heavy atom. The van der Waals surface area contributed by atoms with Crippen LogP contribution in [-0.2, 0) is 69.4 Å². The molecule has 0 aliphatic heterocycles. The minimum Gasteiger partial charge on any atom is -0.506 e. The van der Waals surface area contributed by atoms with Crippen LogP contribution in [-0.4, -0.2) is 79.6 Å². The van der Waals surface area contributed by atoms with Crippen molar-refractivity contribution >= 4 is 111 Å². The third-order valence-electron chi connectivity index (χ3n) is 9.81. The molecule has 22 nitrogen and oxygen atoms in total. The normalized spacial score (nSPS) is 12.1. The van der Waals surface area contributed by atoms with Gasteiger partial charge < -0.3 is 24.8 Å². The van der Waals surface area contributed by atoms with Crippen molar-refractivity contribution in [1.82, 2.24) is 0 Å². The van der Waals surface area contributed by atoms with E-state index in [0.29, 0.717) is 28.2 Å². The van der Waals surface area contributed by atoms with Crippen molar-refractivity contribution in [3.63, 3.8) is 0 Å². The van der Waals surface area contributed by atoms with Crippen molar-refractivity contribution in [2.75, 3.05) is 35.5 Å². The molecule has 0 atom stereocenters. The first-order chi connectivity index (χ1) is 32.5. The molecule has 0 aliphatic carbocycles. The molecular formula is C43H34CuN6O16S3. The van der Waals surface area contributed by atoms with Gasteiger partial charge in [0.05, 0.1) is 75.1 Å². The van der Waals surface area contributed by atoms with E-state index in [2.05, 4.69) is 44.8 Å². The van der Waals surface area contributed by atoms with Gasteiger partial charge in [0.25, 0.3) is 20.2 Å². The Morgan fingerprint density at radius 1 is 0.551 bits per heavy atom. The Kier molecular flexibility index (Phi) is 16.1. The van der Waals surface area contributed by atoms with Crippen LogP contribution in [0.3, 0.4) is 0 Å². The number of ether oxygens (including phenoxy) is 2. The number of azo groups is 3. The van der Waals surface area contributed by atoms with Gasteiger partial charge in [0.1, 0.15) is 38.2 Å². The van der Waals surface area contributed by atoms with Gasteiger partial charge in [-0.25, -0.2) is 14.5 Å². The van der Waals surface area contributed by atoms with E-state index in [1.807, 2.05) is 0 Å². The minimum absolute atomic E-state index is 0. The second-order valence-corrected chi connectivity index (χ2v) is 17.8. The topological polar surface area (TPSA) is 302 Å². The molecule has 0 bridgehead atoms. The van der Waals surface area contributed by atoms with Crippen molar-refractivity contribution in [3.05, 3.63) is 108 Å². The van der Waals surface area contributed by atoms with Crippen molar-refractivity contribution in [1.29, 1.82) is 0 Å². The van der Waals surface area contributed by atoms with Crippen LogP contribution in [0, 0.1) is 0 Å². The molecule has 0 saturated carbocycles. The molecule has 361 valence electrons. The van der Waals surface area contributed by atoms with Crippen LogP contribution in [0.2, 0.25) is 0 Å². The molecule has 7 rings (SSSR count). The van der Waals surface area contributed by atoms with Gasteiger partial charge in [0.2, 0.25) is 0 Å². The molecule has 26 heteroatoms. The van der Waals surface area contributed by atoms with Crippen LogP contribution < -0.4 is 0 Å². The van der Waals surface area contributed by atoms with Gasteiger partial charge >= 0.3 is 11.9 Å². The molecule has 0 heterocycles. The summed E-state index contributed by atoms with van der Waals surface area (Å²) in [5.74, 6) is -2.93. The fourth-order valence-electron chi connectivity index (χ4n) is 6.58. The second-order valence-electron chi connectivity index (χ2n) is 13.7. The Morgan fingerprint density at radius 3 is 1.90 bits per heavy atom. The smallest absolute Gasteiger partial charge is 0.341 e. The predicted molar refractivity (Wildman–Crippen MR) is 242 cm³/mol. The standard InChI is InChI=1S/C43H34N6O16S3.Cu/c1-59-42(53)23-10-13-28-24(15-23)16-32(43(54)60-2)41(52)38(28)48-45-25-11-9-22-17-35(66-65-64-61-3)39(40(51)30(22)18-25)49-47-33-14-12-26(20-34(33)50)44-46-27-19-31-29(37(21-27)68(57,58)63-5)7-6-8-36(31)67(55,56)62-4;/h6-21,50-52H,1-5H3;. The number of rotatable bonds is 16. The number of phenols is 3. The number of esters is 2. The summed E-state index contributed by atoms with van der Waals surface area (Å²) in [6, 6.07) is 22.2. The number of phenolic OH excluding ortho intramolecular Hbond substituents is 3. The average Bonchev–Trinajstić information content (AvgIpc) is 3.34. The van der Waals surface area contributed by atoms with Gasteiger partial charge in [-0.15, -0.1) is 19.7 Å². The number of fused-ring (bicyclic) bond motifs is 3. The number of aromatic hydroxyl groups is 3. The molecule has 3 N–H and O–H groups in total. The van der Waals surface area contributed by atoms with Crippen molar-refractivity contribution in [2.45, 2.75) is 14.7 Å². The van der Waals surface area contributed by atoms with E-state index in [9.17, 15) is 41.7 Å². The number of benzene rings is 7. The van der Waals surface area contributed by atoms with Crippen LogP contribution in [0.15, 0.2) is 142 Å². The molecule has 0 unspecified atom stereocenters. The zero-order valence-electron chi connectivity index (χ0n) is 36.1. The number of hydrogen-bond donors (Lipinski definition) is 3. The maximum Gasteiger partial charge on any atom is 0.341 e. The first-order valence-electron chi connectivity index (χ1n) is 19.1. The molecule has 0 aliphatic rings. The largest absolute Gasteiger partial charge is 0.506 e. The molecule has 69 heavy (non-hydrogen) atoms. The van der Waals surface area contributed by atoms with Crippen LogP contribution in [0.5, 0.6) is 17.2 Å². The molecular weight excluding hydrogens is 1020 g/mol. The molecule has 0 spiro atoms. The Hall–Kier alpha value is -6.97. The molecule has 0 aromatic heterocycles. The van der Waals surface area contributed by atoms with Crippen molar-refractivity contribution in [2.24, 2.45) is 30.7 Å². The number of methoxy groups -OCH3 is 2. The predicted octanol–water partition coefficient (Wildman–Crippen LogP) is 10.3. The maximum atomic E-state index is 12.9. The summed E-state index contributed by atoms with van der Waals surface area (Å²) in [6.45, 7) is 0. The summed E-state index contributed by atoms with van der Waals surface area (Å²) < 4.78 is 75.2. The minimum atomic E-state index is -4.38. The number of carbonyl (C=O) groups excluding carboxylic acids is 2. The maximum absolute atomic E-state index is 12.9. The fourth-order valence-corrected chi connectivity index (χ4v) is 8.88. The van der Waals surface area contributed by atoms with Crippen LogP contribution in [0.1, 0.15) is 20.7 Å². The van der Waals surface area contributed by atoms with E-state index in [-0.39, 0.29) is 93.2 Å². The molecule has 7 aromatic rings. The zero-order chi connectivity index (χ0) is 48.9. The zero-order valence-corrected chi connectivity index (χ0v) is 39.5. The molecule has 0 saturated heterocycles. The third kappa shape index (κ3) is 10.8. The van der Waals surface area contributed by atoms with E-state index in [0.717, 1.165) is 33.5 Å². The quantitative estimate of drug-likeness (QED) is 0.0118. The summed E-state index contributed by atoms with van der Waals surface area (Å²) in [5, 5.41) is 64.5. The summed E-state index contributed by atoms with van der Waals surface area (Å²) in [7, 11) is -3.22. The van der Waals surface area contributed by atoms with Gasteiger partial charge in [-0.3, -0.25) is 8.37 Å². The third-order valence-corrected chi connectivity index (χ3v) is 13.1. The van der Waals surface area contributed by atoms with Gasteiger partial charge in [0.15, 0.2) is 11.5 Å². The van der Waals surface area contributed by atoms with Gasteiger partial charge in [-0.05, 0) is 77.5 Å². The summed E-state index contributed by atoms with van der Waals surface area (Å²) in [5.41, 5.74) is -0.336. The SMILES string of the molecule is COOOSc1cc2ccc(N=Nc3c(O)c(C(=O)OC)cc4cc(C(=O)OC)ccc34)cc2c(O)c1N=Nc1ccc(N=Nc2cc(S(=O)(=O)OC)c3cccc(S(=O)(=O)OC)c3c2)cc1O.[Cu].